The van der Waals surface area contributed by atoms with E-state index >= 15 is 0 Å². The van der Waals surface area contributed by atoms with E-state index in [1.54, 1.807) is 6.07 Å². The van der Waals surface area contributed by atoms with Crippen molar-refractivity contribution < 1.29 is 4.92 Å². The third-order valence-corrected chi connectivity index (χ3v) is 3.85. The van der Waals surface area contributed by atoms with Gasteiger partial charge in [-0.1, -0.05) is 0 Å². The van der Waals surface area contributed by atoms with Gasteiger partial charge >= 0.3 is 0 Å². The number of amidine groups is 1. The molecule has 1 aliphatic rings. The molecule has 0 aliphatic carbocycles. The van der Waals surface area contributed by atoms with E-state index in [0.29, 0.717) is 18.8 Å². The Morgan fingerprint density at radius 1 is 1.50 bits per heavy atom. The van der Waals surface area contributed by atoms with Crippen molar-refractivity contribution in [1.29, 1.82) is 5.41 Å². The van der Waals surface area contributed by atoms with Crippen LogP contribution in [0.25, 0.3) is 0 Å². The number of hydrogen-bond acceptors (Lipinski definition) is 6. The van der Waals surface area contributed by atoms with Crippen molar-refractivity contribution in [1.82, 2.24) is 9.88 Å². The van der Waals surface area contributed by atoms with Crippen LogP contribution in [0.2, 0.25) is 0 Å². The fourth-order valence-electron chi connectivity index (χ4n) is 2.74. The molecule has 2 rings (SSSR count). The van der Waals surface area contributed by atoms with Crippen LogP contribution < -0.4 is 11.1 Å². The van der Waals surface area contributed by atoms with Crippen molar-refractivity contribution in [3.8, 4) is 0 Å². The number of nitrogens with two attached hydrogens (primary N) is 1. The van der Waals surface area contributed by atoms with Gasteiger partial charge in [0.15, 0.2) is 0 Å². The SMILES string of the molecule is N=C(N)CC(CCNc1ccc([N+](=O)[O-])cn1)N1CCCC1. The van der Waals surface area contributed by atoms with E-state index in [9.17, 15) is 10.1 Å². The van der Waals surface area contributed by atoms with Gasteiger partial charge < -0.3 is 11.1 Å². The highest BCUT2D eigenvalue weighted by Gasteiger charge is 2.22. The predicted molar refractivity (Wildman–Crippen MR) is 85.1 cm³/mol. The Morgan fingerprint density at radius 3 is 2.77 bits per heavy atom. The first kappa shape index (κ1) is 16.2. The summed E-state index contributed by atoms with van der Waals surface area (Å²) in [5, 5.41) is 21.2. The van der Waals surface area contributed by atoms with Gasteiger partial charge in [0.05, 0.1) is 10.8 Å². The lowest BCUT2D eigenvalue weighted by Crippen LogP contribution is -2.37. The highest BCUT2D eigenvalue weighted by molar-refractivity contribution is 5.77. The van der Waals surface area contributed by atoms with Gasteiger partial charge in [0, 0.05) is 25.1 Å². The molecule has 1 fully saturated rings. The molecule has 1 aliphatic heterocycles. The Hall–Kier alpha value is -2.22. The topological polar surface area (TPSA) is 121 Å². The van der Waals surface area contributed by atoms with Gasteiger partial charge in [-0.2, -0.15) is 0 Å². The molecule has 4 N–H and O–H groups in total. The second-order valence-corrected chi connectivity index (χ2v) is 5.50. The molecular formula is C14H22N6O2. The molecule has 0 amide bonds. The van der Waals surface area contributed by atoms with Gasteiger partial charge in [-0.25, -0.2) is 4.98 Å². The van der Waals surface area contributed by atoms with Crippen LogP contribution in [-0.4, -0.2) is 46.3 Å². The Balaban J connectivity index is 1.83. The molecule has 8 heteroatoms. The van der Waals surface area contributed by atoms with E-state index in [1.165, 1.54) is 25.1 Å². The molecule has 0 aromatic carbocycles. The summed E-state index contributed by atoms with van der Waals surface area (Å²) in [5.41, 5.74) is 5.53. The Kier molecular flexibility index (Phi) is 5.65. The molecule has 120 valence electrons. The highest BCUT2D eigenvalue weighted by atomic mass is 16.6. The Labute approximate surface area is 129 Å². The quantitative estimate of drug-likeness (QED) is 0.290. The number of likely N-dealkylation sites (tertiary alicyclic amines) is 1. The van der Waals surface area contributed by atoms with Crippen molar-refractivity contribution in [3.63, 3.8) is 0 Å². The zero-order valence-corrected chi connectivity index (χ0v) is 12.5. The zero-order chi connectivity index (χ0) is 15.9. The lowest BCUT2D eigenvalue weighted by atomic mass is 10.1. The normalized spacial score (nSPS) is 16.4. The van der Waals surface area contributed by atoms with Crippen molar-refractivity contribution >= 4 is 17.3 Å². The van der Waals surface area contributed by atoms with Crippen LogP contribution in [-0.2, 0) is 0 Å². The third kappa shape index (κ3) is 4.66. The van der Waals surface area contributed by atoms with Crippen LogP contribution in [0.4, 0.5) is 11.5 Å². The predicted octanol–water partition coefficient (Wildman–Crippen LogP) is 1.58. The lowest BCUT2D eigenvalue weighted by molar-refractivity contribution is -0.385. The molecule has 1 aromatic rings. The number of pyridine rings is 1. The monoisotopic (exact) mass is 306 g/mol. The van der Waals surface area contributed by atoms with Crippen molar-refractivity contribution in [3.05, 3.63) is 28.4 Å². The minimum absolute atomic E-state index is 0.0166. The zero-order valence-electron chi connectivity index (χ0n) is 12.5. The highest BCUT2D eigenvalue weighted by Crippen LogP contribution is 2.17. The minimum atomic E-state index is -0.465. The number of rotatable bonds is 8. The first-order valence-electron chi connectivity index (χ1n) is 7.47. The standard InChI is InChI=1S/C14H22N6O2/c15-13(16)9-11(19-7-1-2-8-19)5-6-17-14-4-3-12(10-18-14)20(21)22/h3-4,10-11H,1-2,5-9H2,(H3,15,16)(H,17,18). The van der Waals surface area contributed by atoms with E-state index in [4.69, 9.17) is 11.1 Å². The third-order valence-electron chi connectivity index (χ3n) is 3.85. The van der Waals surface area contributed by atoms with Crippen LogP contribution in [0.1, 0.15) is 25.7 Å². The number of nitrogens with zero attached hydrogens (tertiary/aromatic N) is 3. The van der Waals surface area contributed by atoms with E-state index in [0.717, 1.165) is 19.5 Å². The van der Waals surface area contributed by atoms with E-state index < -0.39 is 4.92 Å². The summed E-state index contributed by atoms with van der Waals surface area (Å²) in [6.07, 6.45) is 5.08. The molecule has 8 nitrogen and oxygen atoms in total. The van der Waals surface area contributed by atoms with Crippen molar-refractivity contribution in [2.24, 2.45) is 5.73 Å². The van der Waals surface area contributed by atoms with Gasteiger partial charge in [0.1, 0.15) is 12.0 Å². The number of nitrogens with one attached hydrogen (secondary N) is 2. The molecular weight excluding hydrogens is 284 g/mol. The molecule has 1 saturated heterocycles. The average molecular weight is 306 g/mol. The van der Waals surface area contributed by atoms with Crippen LogP contribution in [0.5, 0.6) is 0 Å². The number of hydrogen-bond donors (Lipinski definition) is 3. The van der Waals surface area contributed by atoms with Crippen LogP contribution in [0.3, 0.4) is 0 Å². The molecule has 1 unspecified atom stereocenters. The second kappa shape index (κ2) is 7.69. The van der Waals surface area contributed by atoms with E-state index in [-0.39, 0.29) is 17.6 Å². The molecule has 0 bridgehead atoms. The second-order valence-electron chi connectivity index (χ2n) is 5.50. The van der Waals surface area contributed by atoms with E-state index in [2.05, 4.69) is 15.2 Å². The summed E-state index contributed by atoms with van der Waals surface area (Å²) in [6.45, 7) is 2.82. The van der Waals surface area contributed by atoms with Crippen molar-refractivity contribution in [2.45, 2.75) is 31.7 Å². The average Bonchev–Trinajstić information content (AvgIpc) is 3.00. The van der Waals surface area contributed by atoms with Gasteiger partial charge in [-0.15, -0.1) is 0 Å². The van der Waals surface area contributed by atoms with Gasteiger partial charge in [0.25, 0.3) is 5.69 Å². The molecule has 0 saturated carbocycles. The first-order valence-corrected chi connectivity index (χ1v) is 7.47. The molecule has 1 atom stereocenters. The molecule has 1 aromatic heterocycles. The summed E-state index contributed by atoms with van der Waals surface area (Å²) < 4.78 is 0. The maximum absolute atomic E-state index is 10.6. The Morgan fingerprint density at radius 2 is 2.23 bits per heavy atom. The number of anilines is 1. The van der Waals surface area contributed by atoms with Gasteiger partial charge in [-0.3, -0.25) is 20.4 Å². The summed E-state index contributed by atoms with van der Waals surface area (Å²) in [7, 11) is 0. The smallest absolute Gasteiger partial charge is 0.287 e. The molecule has 0 radical (unpaired) electrons. The van der Waals surface area contributed by atoms with Crippen molar-refractivity contribution in [2.75, 3.05) is 25.0 Å². The fourth-order valence-corrected chi connectivity index (χ4v) is 2.74. The number of aromatic nitrogens is 1. The molecule has 2 heterocycles. The summed E-state index contributed by atoms with van der Waals surface area (Å²) in [6, 6.07) is 3.31. The van der Waals surface area contributed by atoms with Gasteiger partial charge in [-0.05, 0) is 38.4 Å². The largest absolute Gasteiger partial charge is 0.388 e. The first-order chi connectivity index (χ1) is 10.6. The summed E-state index contributed by atoms with van der Waals surface area (Å²) >= 11 is 0. The maximum atomic E-state index is 10.6. The van der Waals surface area contributed by atoms with Crippen LogP contribution >= 0.6 is 0 Å². The maximum Gasteiger partial charge on any atom is 0.287 e. The minimum Gasteiger partial charge on any atom is -0.388 e. The summed E-state index contributed by atoms with van der Waals surface area (Å²) in [4.78, 5) is 16.5. The Bertz CT molecular complexity index is 513. The van der Waals surface area contributed by atoms with Crippen LogP contribution in [0, 0.1) is 15.5 Å². The van der Waals surface area contributed by atoms with E-state index in [1.807, 2.05) is 0 Å². The summed E-state index contributed by atoms with van der Waals surface area (Å²) in [5.74, 6) is 0.832. The molecule has 0 spiro atoms. The molecule has 22 heavy (non-hydrogen) atoms. The number of nitro groups is 1. The lowest BCUT2D eigenvalue weighted by Gasteiger charge is -2.27. The fraction of sp³-hybridized carbons (Fsp3) is 0.571. The van der Waals surface area contributed by atoms with Crippen LogP contribution in [0.15, 0.2) is 18.3 Å². The van der Waals surface area contributed by atoms with Gasteiger partial charge in [0.2, 0.25) is 0 Å².